The average molecular weight is 455 g/mol. The van der Waals surface area contributed by atoms with Crippen molar-refractivity contribution >= 4 is 38.3 Å². The van der Waals surface area contributed by atoms with Crippen LogP contribution in [0.15, 0.2) is 54.6 Å². The van der Waals surface area contributed by atoms with Crippen LogP contribution < -0.4 is 0 Å². The Hall–Kier alpha value is -1.41. The quantitative estimate of drug-likeness (QED) is 0.654. The van der Waals surface area contributed by atoms with Crippen LogP contribution in [0, 0.1) is 3.57 Å². The monoisotopic (exact) mass is 455 g/mol. The Labute approximate surface area is 155 Å². The Morgan fingerprint density at radius 3 is 2.50 bits per heavy atom. The molecule has 1 amide bonds. The fourth-order valence-electron chi connectivity index (χ4n) is 2.99. The van der Waals surface area contributed by atoms with Gasteiger partial charge in [0.15, 0.2) is 9.84 Å². The van der Waals surface area contributed by atoms with Crippen molar-refractivity contribution in [2.45, 2.75) is 11.7 Å². The molecule has 1 unspecified atom stereocenters. The van der Waals surface area contributed by atoms with Crippen LogP contribution in [-0.4, -0.2) is 38.1 Å². The zero-order valence-corrected chi connectivity index (χ0v) is 16.0. The molecule has 0 spiro atoms. The average Bonchev–Trinajstić information content (AvgIpc) is 2.73. The summed E-state index contributed by atoms with van der Waals surface area (Å²) >= 11 is 2.17. The standard InChI is InChI=1S/C18H18INO3S/c19-16-8-4-7-15(13-16)18(21)20-10-9-17(24(22,23)12-11-20)14-5-2-1-3-6-14/h1-8,13,17H,9-12H2. The largest absolute Gasteiger partial charge is 0.338 e. The lowest BCUT2D eigenvalue weighted by Crippen LogP contribution is -2.33. The zero-order chi connectivity index (χ0) is 17.2. The Bertz CT molecular complexity index is 836. The lowest BCUT2D eigenvalue weighted by Gasteiger charge is -2.20. The number of benzene rings is 2. The summed E-state index contributed by atoms with van der Waals surface area (Å²) in [5.41, 5.74) is 1.42. The number of amides is 1. The minimum Gasteiger partial charge on any atom is -0.338 e. The predicted molar refractivity (Wildman–Crippen MR) is 103 cm³/mol. The maximum Gasteiger partial charge on any atom is 0.253 e. The van der Waals surface area contributed by atoms with Crippen LogP contribution in [-0.2, 0) is 9.84 Å². The molecule has 0 aliphatic carbocycles. The first-order chi connectivity index (χ1) is 11.5. The Kier molecular flexibility index (Phi) is 5.24. The molecular formula is C18H18INO3S. The molecule has 1 fully saturated rings. The third kappa shape index (κ3) is 3.80. The third-order valence-corrected chi connectivity index (χ3v) is 7.07. The first-order valence-corrected chi connectivity index (χ1v) is 10.6. The SMILES string of the molecule is O=C(c1cccc(I)c1)N1CCC(c2ccccc2)S(=O)(=O)CC1. The summed E-state index contributed by atoms with van der Waals surface area (Å²) in [6.07, 6.45) is 0.433. The highest BCUT2D eigenvalue weighted by atomic mass is 127. The molecule has 4 nitrogen and oxygen atoms in total. The molecule has 1 heterocycles. The number of carbonyl (C=O) groups is 1. The van der Waals surface area contributed by atoms with Crippen LogP contribution in [0.5, 0.6) is 0 Å². The number of carbonyl (C=O) groups excluding carboxylic acids is 1. The van der Waals surface area contributed by atoms with E-state index in [-0.39, 0.29) is 18.2 Å². The Morgan fingerprint density at radius 1 is 1.04 bits per heavy atom. The van der Waals surface area contributed by atoms with Crippen molar-refractivity contribution in [2.24, 2.45) is 0 Å². The topological polar surface area (TPSA) is 54.5 Å². The van der Waals surface area contributed by atoms with Crippen LogP contribution in [0.4, 0.5) is 0 Å². The lowest BCUT2D eigenvalue weighted by molar-refractivity contribution is 0.0766. The molecule has 1 atom stereocenters. The smallest absolute Gasteiger partial charge is 0.253 e. The van der Waals surface area contributed by atoms with Crippen molar-refractivity contribution in [1.82, 2.24) is 4.90 Å². The van der Waals surface area contributed by atoms with Crippen molar-refractivity contribution in [3.05, 3.63) is 69.3 Å². The van der Waals surface area contributed by atoms with E-state index in [1.165, 1.54) is 0 Å². The van der Waals surface area contributed by atoms with Gasteiger partial charge in [0.25, 0.3) is 5.91 Å². The van der Waals surface area contributed by atoms with Gasteiger partial charge in [-0.25, -0.2) is 8.42 Å². The molecular weight excluding hydrogens is 437 g/mol. The van der Waals surface area contributed by atoms with Crippen molar-refractivity contribution < 1.29 is 13.2 Å². The summed E-state index contributed by atoms with van der Waals surface area (Å²) in [6, 6.07) is 16.6. The van der Waals surface area contributed by atoms with Crippen molar-refractivity contribution in [3.8, 4) is 0 Å². The molecule has 1 aliphatic heterocycles. The lowest BCUT2D eigenvalue weighted by atomic mass is 10.1. The van der Waals surface area contributed by atoms with Gasteiger partial charge in [0.1, 0.15) is 0 Å². The number of rotatable bonds is 2. The van der Waals surface area contributed by atoms with Gasteiger partial charge in [-0.15, -0.1) is 0 Å². The van der Waals surface area contributed by atoms with E-state index in [0.717, 1.165) is 9.13 Å². The summed E-state index contributed by atoms with van der Waals surface area (Å²) in [4.78, 5) is 14.3. The van der Waals surface area contributed by atoms with Crippen LogP contribution >= 0.6 is 22.6 Å². The van der Waals surface area contributed by atoms with Gasteiger partial charge in [-0.2, -0.15) is 0 Å². The molecule has 6 heteroatoms. The highest BCUT2D eigenvalue weighted by Crippen LogP contribution is 2.29. The third-order valence-electron chi connectivity index (χ3n) is 4.27. The maximum absolute atomic E-state index is 12.7. The van der Waals surface area contributed by atoms with E-state index in [9.17, 15) is 13.2 Å². The van der Waals surface area contributed by atoms with E-state index < -0.39 is 15.1 Å². The summed E-state index contributed by atoms with van der Waals surface area (Å²) in [7, 11) is -3.27. The maximum atomic E-state index is 12.7. The highest BCUT2D eigenvalue weighted by Gasteiger charge is 2.32. The summed E-state index contributed by atoms with van der Waals surface area (Å²) in [5.74, 6) is -0.0974. The van der Waals surface area contributed by atoms with Crippen LogP contribution in [0.2, 0.25) is 0 Å². The van der Waals surface area contributed by atoms with Gasteiger partial charge in [0.05, 0.1) is 11.0 Å². The van der Waals surface area contributed by atoms with E-state index in [0.29, 0.717) is 18.5 Å². The number of nitrogens with zero attached hydrogens (tertiary/aromatic N) is 1. The molecule has 126 valence electrons. The molecule has 24 heavy (non-hydrogen) atoms. The van der Waals surface area contributed by atoms with Crippen LogP contribution in [0.1, 0.15) is 27.6 Å². The number of hydrogen-bond donors (Lipinski definition) is 0. The first kappa shape index (κ1) is 17.4. The number of sulfone groups is 1. The van der Waals surface area contributed by atoms with Crippen molar-refractivity contribution in [2.75, 3.05) is 18.8 Å². The molecule has 2 aromatic carbocycles. The van der Waals surface area contributed by atoms with Gasteiger partial charge >= 0.3 is 0 Å². The van der Waals surface area contributed by atoms with Gasteiger partial charge in [-0.1, -0.05) is 36.4 Å². The first-order valence-electron chi connectivity index (χ1n) is 7.79. The van der Waals surface area contributed by atoms with Gasteiger partial charge < -0.3 is 4.90 Å². The van der Waals surface area contributed by atoms with Gasteiger partial charge in [0, 0.05) is 22.2 Å². The second kappa shape index (κ2) is 7.23. The molecule has 2 aromatic rings. The zero-order valence-electron chi connectivity index (χ0n) is 13.1. The second-order valence-electron chi connectivity index (χ2n) is 5.86. The molecule has 0 bridgehead atoms. The van der Waals surface area contributed by atoms with E-state index in [1.54, 1.807) is 11.0 Å². The minimum absolute atomic E-state index is 0.00221. The predicted octanol–water partition coefficient (Wildman–Crippen LogP) is 3.29. The van der Waals surface area contributed by atoms with Crippen LogP contribution in [0.25, 0.3) is 0 Å². The number of halogens is 1. The molecule has 3 rings (SSSR count). The fraction of sp³-hybridized carbons (Fsp3) is 0.278. The van der Waals surface area contributed by atoms with E-state index >= 15 is 0 Å². The summed E-state index contributed by atoms with van der Waals surface area (Å²) in [6.45, 7) is 0.694. The molecule has 1 aliphatic rings. The van der Waals surface area contributed by atoms with Gasteiger partial charge in [-0.3, -0.25) is 4.79 Å². The summed E-state index contributed by atoms with van der Waals surface area (Å²) in [5, 5.41) is -0.535. The molecule has 0 aromatic heterocycles. The van der Waals surface area contributed by atoms with Crippen molar-refractivity contribution in [1.29, 1.82) is 0 Å². The van der Waals surface area contributed by atoms with Gasteiger partial charge in [-0.05, 0) is 52.8 Å². The van der Waals surface area contributed by atoms with E-state index in [2.05, 4.69) is 22.6 Å². The summed E-state index contributed by atoms with van der Waals surface area (Å²) < 4.78 is 26.2. The highest BCUT2D eigenvalue weighted by molar-refractivity contribution is 14.1. The minimum atomic E-state index is -3.27. The Morgan fingerprint density at radius 2 is 1.79 bits per heavy atom. The normalized spacial score (nSPS) is 20.4. The molecule has 0 N–H and O–H groups in total. The van der Waals surface area contributed by atoms with Gasteiger partial charge in [0.2, 0.25) is 0 Å². The fourth-order valence-corrected chi connectivity index (χ4v) is 5.33. The second-order valence-corrected chi connectivity index (χ2v) is 9.41. The Balaban J connectivity index is 1.82. The molecule has 1 saturated heterocycles. The van der Waals surface area contributed by atoms with E-state index in [4.69, 9.17) is 0 Å². The molecule has 0 radical (unpaired) electrons. The van der Waals surface area contributed by atoms with Crippen LogP contribution in [0.3, 0.4) is 0 Å². The van der Waals surface area contributed by atoms with E-state index in [1.807, 2.05) is 48.5 Å². The number of hydrogen-bond acceptors (Lipinski definition) is 3. The molecule has 0 saturated carbocycles. The van der Waals surface area contributed by atoms with Crippen molar-refractivity contribution in [3.63, 3.8) is 0 Å².